The van der Waals surface area contributed by atoms with Crippen molar-refractivity contribution in [3.8, 4) is 0 Å². The van der Waals surface area contributed by atoms with Crippen LogP contribution < -0.4 is 11.5 Å². The normalized spacial score (nSPS) is 10.6. The molecule has 0 aromatic carbocycles. The third-order valence-electron chi connectivity index (χ3n) is 1.87. The fraction of sp³-hybridized carbons (Fsp3) is 0.250. The van der Waals surface area contributed by atoms with Gasteiger partial charge in [0, 0.05) is 17.3 Å². The predicted octanol–water partition coefficient (Wildman–Crippen LogP) is 1.01. The molecule has 76 valence electrons. The Hall–Kier alpha value is -1.72. The van der Waals surface area contributed by atoms with Crippen molar-refractivity contribution in [2.45, 2.75) is 13.3 Å². The molecule has 0 spiro atoms. The van der Waals surface area contributed by atoms with Gasteiger partial charge in [-0.25, -0.2) is 13.8 Å². The van der Waals surface area contributed by atoms with Gasteiger partial charge >= 0.3 is 0 Å². The number of alkyl halides is 2. The third-order valence-corrected chi connectivity index (χ3v) is 1.87. The average molecular weight is 201 g/mol. The number of pyridine rings is 1. The Labute approximate surface area is 78.9 Å². The van der Waals surface area contributed by atoms with Crippen molar-refractivity contribution < 1.29 is 13.6 Å². The minimum absolute atomic E-state index is 0.0307. The lowest BCUT2D eigenvalue weighted by Crippen LogP contribution is -2.17. The molecule has 1 aromatic heterocycles. The maximum atomic E-state index is 12.4. The molecule has 0 saturated carbocycles. The van der Waals surface area contributed by atoms with Crippen molar-refractivity contribution in [3.63, 3.8) is 0 Å². The number of halogens is 2. The molecule has 0 unspecified atom stereocenters. The molecular formula is C8H9F2N3O. The van der Waals surface area contributed by atoms with E-state index in [2.05, 4.69) is 4.98 Å². The molecule has 1 amide bonds. The third kappa shape index (κ3) is 1.63. The first kappa shape index (κ1) is 10.4. The number of amides is 1. The van der Waals surface area contributed by atoms with E-state index in [0.717, 1.165) is 6.20 Å². The molecule has 0 aliphatic heterocycles. The Morgan fingerprint density at radius 2 is 2.14 bits per heavy atom. The molecule has 0 saturated heterocycles. The van der Waals surface area contributed by atoms with Crippen LogP contribution in [0.4, 0.5) is 14.6 Å². The van der Waals surface area contributed by atoms with Crippen molar-refractivity contribution in [1.82, 2.24) is 4.98 Å². The standard InChI is InChI=1S/C8H9F2N3O/c1-3-5(8(12)14)4(6(9)10)2-13-7(3)11/h2,6H,1H3,(H2,11,13)(H2,12,14). The van der Waals surface area contributed by atoms with Crippen molar-refractivity contribution in [3.05, 3.63) is 22.9 Å². The molecule has 1 rings (SSSR count). The van der Waals surface area contributed by atoms with Gasteiger partial charge in [-0.15, -0.1) is 0 Å². The second-order valence-corrected chi connectivity index (χ2v) is 2.76. The van der Waals surface area contributed by atoms with Crippen molar-refractivity contribution >= 4 is 11.7 Å². The Balaban J connectivity index is 3.45. The molecular weight excluding hydrogens is 192 g/mol. The zero-order valence-corrected chi connectivity index (χ0v) is 7.42. The quantitative estimate of drug-likeness (QED) is 0.749. The van der Waals surface area contributed by atoms with Crippen LogP contribution >= 0.6 is 0 Å². The van der Waals surface area contributed by atoms with Crippen molar-refractivity contribution in [1.29, 1.82) is 0 Å². The van der Waals surface area contributed by atoms with E-state index >= 15 is 0 Å². The van der Waals surface area contributed by atoms with Gasteiger partial charge in [-0.2, -0.15) is 0 Å². The van der Waals surface area contributed by atoms with Gasteiger partial charge in [0.15, 0.2) is 0 Å². The molecule has 1 heterocycles. The highest BCUT2D eigenvalue weighted by Crippen LogP contribution is 2.26. The molecule has 4 N–H and O–H groups in total. The van der Waals surface area contributed by atoms with Crippen LogP contribution in [0.5, 0.6) is 0 Å². The number of hydrogen-bond acceptors (Lipinski definition) is 3. The molecule has 1 aromatic rings. The number of nitrogens with zero attached hydrogens (tertiary/aromatic N) is 1. The van der Waals surface area contributed by atoms with E-state index in [0.29, 0.717) is 0 Å². The van der Waals surface area contributed by atoms with Gasteiger partial charge in [-0.3, -0.25) is 4.79 Å². The summed E-state index contributed by atoms with van der Waals surface area (Å²) in [6, 6.07) is 0. The molecule has 0 atom stereocenters. The smallest absolute Gasteiger partial charge is 0.266 e. The van der Waals surface area contributed by atoms with E-state index in [-0.39, 0.29) is 16.9 Å². The van der Waals surface area contributed by atoms with E-state index in [1.165, 1.54) is 6.92 Å². The molecule has 0 fully saturated rings. The number of carbonyl (C=O) groups excluding carboxylic acids is 1. The molecule has 0 bridgehead atoms. The second kappa shape index (κ2) is 3.57. The lowest BCUT2D eigenvalue weighted by molar-refractivity contribution is 0.0985. The number of hydrogen-bond donors (Lipinski definition) is 2. The van der Waals surface area contributed by atoms with Crippen molar-refractivity contribution in [2.24, 2.45) is 5.73 Å². The lowest BCUT2D eigenvalue weighted by Gasteiger charge is -2.09. The average Bonchev–Trinajstić information content (AvgIpc) is 2.08. The molecule has 14 heavy (non-hydrogen) atoms. The summed E-state index contributed by atoms with van der Waals surface area (Å²) >= 11 is 0. The minimum Gasteiger partial charge on any atom is -0.383 e. The number of primary amides is 1. The van der Waals surface area contributed by atoms with Gasteiger partial charge in [0.1, 0.15) is 5.82 Å². The van der Waals surface area contributed by atoms with E-state index in [1.807, 2.05) is 0 Å². The van der Waals surface area contributed by atoms with Crippen LogP contribution in [-0.4, -0.2) is 10.9 Å². The second-order valence-electron chi connectivity index (χ2n) is 2.76. The topological polar surface area (TPSA) is 82.0 Å². The predicted molar refractivity (Wildman–Crippen MR) is 46.9 cm³/mol. The lowest BCUT2D eigenvalue weighted by atomic mass is 10.0. The van der Waals surface area contributed by atoms with Crippen LogP contribution in [0.15, 0.2) is 6.20 Å². The summed E-state index contributed by atoms with van der Waals surface area (Å²) in [6.45, 7) is 1.42. The summed E-state index contributed by atoms with van der Waals surface area (Å²) in [5.41, 5.74) is 9.79. The first-order valence-electron chi connectivity index (χ1n) is 3.78. The highest BCUT2D eigenvalue weighted by molar-refractivity contribution is 5.96. The number of nitrogen functional groups attached to an aromatic ring is 1. The highest BCUT2D eigenvalue weighted by Gasteiger charge is 2.20. The molecule has 0 aliphatic carbocycles. The van der Waals surface area contributed by atoms with E-state index < -0.39 is 17.9 Å². The first-order valence-corrected chi connectivity index (χ1v) is 3.78. The van der Waals surface area contributed by atoms with Gasteiger partial charge in [0.25, 0.3) is 6.43 Å². The summed E-state index contributed by atoms with van der Waals surface area (Å²) < 4.78 is 24.8. The molecule has 0 radical (unpaired) electrons. The first-order chi connectivity index (χ1) is 6.45. The van der Waals surface area contributed by atoms with Crippen LogP contribution in [0.25, 0.3) is 0 Å². The Kier molecular flexibility index (Phi) is 2.64. The summed E-state index contributed by atoms with van der Waals surface area (Å²) in [7, 11) is 0. The molecule has 6 heteroatoms. The van der Waals surface area contributed by atoms with E-state index in [4.69, 9.17) is 11.5 Å². The van der Waals surface area contributed by atoms with E-state index in [9.17, 15) is 13.6 Å². The zero-order chi connectivity index (χ0) is 10.9. The largest absolute Gasteiger partial charge is 0.383 e. The number of nitrogens with two attached hydrogens (primary N) is 2. The number of rotatable bonds is 2. The summed E-state index contributed by atoms with van der Waals surface area (Å²) in [6.07, 6.45) is -1.92. The number of anilines is 1. The molecule has 4 nitrogen and oxygen atoms in total. The van der Waals surface area contributed by atoms with Crippen LogP contribution in [0.1, 0.15) is 27.9 Å². The fourth-order valence-electron chi connectivity index (χ4n) is 1.14. The van der Waals surface area contributed by atoms with Gasteiger partial charge in [-0.05, 0) is 6.92 Å². The minimum atomic E-state index is -2.79. The summed E-state index contributed by atoms with van der Waals surface area (Å²) in [5.74, 6) is -0.893. The SMILES string of the molecule is Cc1c(N)ncc(C(F)F)c1C(N)=O. The highest BCUT2D eigenvalue weighted by atomic mass is 19.3. The number of aromatic nitrogens is 1. The Morgan fingerprint density at radius 1 is 1.57 bits per heavy atom. The Morgan fingerprint density at radius 3 is 2.57 bits per heavy atom. The van der Waals surface area contributed by atoms with Crippen LogP contribution in [0.2, 0.25) is 0 Å². The maximum absolute atomic E-state index is 12.4. The fourth-order valence-corrected chi connectivity index (χ4v) is 1.14. The van der Waals surface area contributed by atoms with Crippen LogP contribution in [0.3, 0.4) is 0 Å². The van der Waals surface area contributed by atoms with Crippen LogP contribution in [-0.2, 0) is 0 Å². The Bertz CT molecular complexity index is 379. The van der Waals surface area contributed by atoms with Gasteiger partial charge < -0.3 is 11.5 Å². The maximum Gasteiger partial charge on any atom is 0.266 e. The van der Waals surface area contributed by atoms with Gasteiger partial charge in [0.2, 0.25) is 5.91 Å². The summed E-state index contributed by atoms with van der Waals surface area (Å²) in [4.78, 5) is 14.4. The monoisotopic (exact) mass is 201 g/mol. The van der Waals surface area contributed by atoms with Crippen LogP contribution in [0, 0.1) is 6.92 Å². The van der Waals surface area contributed by atoms with E-state index in [1.54, 1.807) is 0 Å². The van der Waals surface area contributed by atoms with Crippen molar-refractivity contribution in [2.75, 3.05) is 5.73 Å². The zero-order valence-electron chi connectivity index (χ0n) is 7.42. The number of carbonyl (C=O) groups is 1. The van der Waals surface area contributed by atoms with Gasteiger partial charge in [-0.1, -0.05) is 0 Å². The molecule has 0 aliphatic rings. The summed E-state index contributed by atoms with van der Waals surface area (Å²) in [5, 5.41) is 0. The van der Waals surface area contributed by atoms with Gasteiger partial charge in [0.05, 0.1) is 5.56 Å².